The second-order valence-corrected chi connectivity index (χ2v) is 10.1. The van der Waals surface area contributed by atoms with Gasteiger partial charge in [0.15, 0.2) is 0 Å². The molecule has 1 amide bonds. The Hall–Kier alpha value is -1.43. The predicted molar refractivity (Wildman–Crippen MR) is 121 cm³/mol. The van der Waals surface area contributed by atoms with Crippen molar-refractivity contribution in [3.8, 4) is 0 Å². The molecule has 31 heavy (non-hydrogen) atoms. The Balaban J connectivity index is 1.09. The first-order valence-corrected chi connectivity index (χ1v) is 12.5. The average Bonchev–Trinajstić information content (AvgIpc) is 3.64. The van der Waals surface area contributed by atoms with Gasteiger partial charge in [0.25, 0.3) is 0 Å². The molecule has 1 saturated carbocycles. The monoisotopic (exact) mass is 426 g/mol. The quantitative estimate of drug-likeness (QED) is 0.636. The zero-order chi connectivity index (χ0) is 21.1. The summed E-state index contributed by atoms with van der Waals surface area (Å²) in [6.07, 6.45) is 10.1. The molecule has 0 aromatic heterocycles. The van der Waals surface area contributed by atoms with Crippen LogP contribution in [0.25, 0.3) is 0 Å². The van der Waals surface area contributed by atoms with Crippen LogP contribution < -0.4 is 0 Å². The molecule has 1 aromatic carbocycles. The molecule has 0 bridgehead atoms. The van der Waals surface area contributed by atoms with Gasteiger partial charge in [-0.3, -0.25) is 9.69 Å². The van der Waals surface area contributed by atoms with Gasteiger partial charge < -0.3 is 14.4 Å². The van der Waals surface area contributed by atoms with Crippen LogP contribution in [-0.2, 0) is 20.7 Å². The molecule has 5 heteroatoms. The fourth-order valence-corrected chi connectivity index (χ4v) is 5.87. The Morgan fingerprint density at radius 1 is 1.06 bits per heavy atom. The van der Waals surface area contributed by atoms with E-state index in [1.807, 2.05) is 6.07 Å². The number of hydrogen-bond acceptors (Lipinski definition) is 4. The van der Waals surface area contributed by atoms with Gasteiger partial charge in [-0.25, -0.2) is 0 Å². The van der Waals surface area contributed by atoms with E-state index >= 15 is 0 Å². The SMILES string of the molecule is O=C(CCCc1ccccc1)N1CCC(N2CC(OCC3CC3)C23CCOCC3)CC1. The fourth-order valence-electron chi connectivity index (χ4n) is 5.87. The minimum atomic E-state index is 0.194. The van der Waals surface area contributed by atoms with E-state index in [1.165, 1.54) is 18.4 Å². The number of benzene rings is 1. The number of aryl methyl sites for hydroxylation is 1. The van der Waals surface area contributed by atoms with Gasteiger partial charge in [-0.1, -0.05) is 30.3 Å². The lowest BCUT2D eigenvalue weighted by Crippen LogP contribution is -2.76. The molecule has 1 unspecified atom stereocenters. The van der Waals surface area contributed by atoms with Crippen LogP contribution in [0.3, 0.4) is 0 Å². The Morgan fingerprint density at radius 3 is 2.52 bits per heavy atom. The summed E-state index contributed by atoms with van der Waals surface area (Å²) in [5.74, 6) is 1.16. The van der Waals surface area contributed by atoms with E-state index in [-0.39, 0.29) is 5.54 Å². The molecule has 1 atom stereocenters. The lowest BCUT2D eigenvalue weighted by Gasteiger charge is -2.63. The van der Waals surface area contributed by atoms with E-state index in [1.54, 1.807) is 0 Å². The molecule has 170 valence electrons. The maximum atomic E-state index is 12.7. The molecule has 1 spiro atoms. The molecule has 5 rings (SSSR count). The van der Waals surface area contributed by atoms with Gasteiger partial charge in [0.05, 0.1) is 11.6 Å². The normalized spacial score (nSPS) is 26.7. The zero-order valence-corrected chi connectivity index (χ0v) is 18.8. The highest BCUT2D eigenvalue weighted by atomic mass is 16.5. The van der Waals surface area contributed by atoms with Crippen molar-refractivity contribution in [2.24, 2.45) is 5.92 Å². The van der Waals surface area contributed by atoms with Gasteiger partial charge in [-0.15, -0.1) is 0 Å². The van der Waals surface area contributed by atoms with E-state index in [9.17, 15) is 4.79 Å². The van der Waals surface area contributed by atoms with Crippen molar-refractivity contribution in [1.82, 2.24) is 9.80 Å². The van der Waals surface area contributed by atoms with E-state index in [2.05, 4.69) is 34.1 Å². The largest absolute Gasteiger partial charge is 0.381 e. The summed E-state index contributed by atoms with van der Waals surface area (Å²) in [5, 5.41) is 0. The minimum Gasteiger partial charge on any atom is -0.381 e. The maximum absolute atomic E-state index is 12.7. The van der Waals surface area contributed by atoms with E-state index in [4.69, 9.17) is 9.47 Å². The van der Waals surface area contributed by atoms with Crippen LogP contribution in [-0.4, -0.2) is 72.8 Å². The number of rotatable bonds is 8. The standard InChI is InChI=1S/C26H38N2O3/c29-25(8-4-7-21-5-2-1-3-6-21)27-15-11-23(12-16-27)28-19-24(31-20-22-9-10-22)26(28)13-17-30-18-14-26/h1-3,5-6,22-24H,4,7-20H2. The van der Waals surface area contributed by atoms with Crippen molar-refractivity contribution in [2.45, 2.75) is 75.5 Å². The van der Waals surface area contributed by atoms with Crippen LogP contribution in [0.4, 0.5) is 0 Å². The zero-order valence-electron chi connectivity index (χ0n) is 18.8. The summed E-state index contributed by atoms with van der Waals surface area (Å²) in [6, 6.07) is 11.1. The number of amides is 1. The van der Waals surface area contributed by atoms with E-state index in [0.29, 0.717) is 24.5 Å². The third-order valence-corrected chi connectivity index (χ3v) is 8.08. The van der Waals surface area contributed by atoms with Crippen molar-refractivity contribution in [2.75, 3.05) is 39.5 Å². The van der Waals surface area contributed by atoms with Gasteiger partial charge in [-0.05, 0) is 62.8 Å². The summed E-state index contributed by atoms with van der Waals surface area (Å²) in [6.45, 7) is 5.56. The lowest BCUT2D eigenvalue weighted by molar-refractivity contribution is -0.217. The van der Waals surface area contributed by atoms with Gasteiger partial charge in [0.2, 0.25) is 5.91 Å². The predicted octanol–water partition coefficient (Wildman–Crippen LogP) is 3.66. The Labute approximate surface area is 187 Å². The molecular formula is C26H38N2O3. The van der Waals surface area contributed by atoms with E-state index < -0.39 is 0 Å². The highest BCUT2D eigenvalue weighted by Gasteiger charge is 2.57. The molecule has 0 radical (unpaired) electrons. The minimum absolute atomic E-state index is 0.194. The molecule has 3 aliphatic heterocycles. The molecule has 1 aliphatic carbocycles. The number of ether oxygens (including phenoxy) is 2. The van der Waals surface area contributed by atoms with Crippen LogP contribution in [0.5, 0.6) is 0 Å². The van der Waals surface area contributed by atoms with Crippen molar-refractivity contribution in [3.05, 3.63) is 35.9 Å². The molecule has 5 nitrogen and oxygen atoms in total. The molecule has 0 N–H and O–H groups in total. The fraction of sp³-hybridized carbons (Fsp3) is 0.731. The third kappa shape index (κ3) is 4.84. The average molecular weight is 427 g/mol. The number of carbonyl (C=O) groups is 1. The van der Waals surface area contributed by atoms with Crippen LogP contribution in [0.2, 0.25) is 0 Å². The summed E-state index contributed by atoms with van der Waals surface area (Å²) in [5.41, 5.74) is 1.52. The van der Waals surface area contributed by atoms with Crippen molar-refractivity contribution in [3.63, 3.8) is 0 Å². The first-order valence-electron chi connectivity index (χ1n) is 12.5. The van der Waals surface area contributed by atoms with Gasteiger partial charge >= 0.3 is 0 Å². The lowest BCUT2D eigenvalue weighted by atomic mass is 9.73. The first-order chi connectivity index (χ1) is 15.2. The molecular weight excluding hydrogens is 388 g/mol. The second-order valence-electron chi connectivity index (χ2n) is 10.1. The van der Waals surface area contributed by atoms with Gasteiger partial charge in [0, 0.05) is 51.9 Å². The molecule has 3 saturated heterocycles. The van der Waals surface area contributed by atoms with Gasteiger partial charge in [0.1, 0.15) is 0 Å². The summed E-state index contributed by atoms with van der Waals surface area (Å²) < 4.78 is 12.1. The first kappa shape index (κ1) is 21.4. The van der Waals surface area contributed by atoms with Crippen molar-refractivity contribution >= 4 is 5.91 Å². The Kier molecular flexibility index (Phi) is 6.63. The number of likely N-dealkylation sites (tertiary alicyclic amines) is 2. The summed E-state index contributed by atoms with van der Waals surface area (Å²) in [7, 11) is 0. The van der Waals surface area contributed by atoms with Crippen LogP contribution in [0.1, 0.15) is 56.9 Å². The molecule has 1 aromatic rings. The summed E-state index contributed by atoms with van der Waals surface area (Å²) >= 11 is 0. The third-order valence-electron chi connectivity index (χ3n) is 8.08. The van der Waals surface area contributed by atoms with Crippen molar-refractivity contribution in [1.29, 1.82) is 0 Å². The molecule has 4 aliphatic rings. The smallest absolute Gasteiger partial charge is 0.222 e. The molecule has 4 fully saturated rings. The van der Waals surface area contributed by atoms with E-state index in [0.717, 1.165) is 83.9 Å². The maximum Gasteiger partial charge on any atom is 0.222 e. The Morgan fingerprint density at radius 2 is 1.81 bits per heavy atom. The second kappa shape index (κ2) is 9.60. The van der Waals surface area contributed by atoms with Crippen LogP contribution in [0.15, 0.2) is 30.3 Å². The summed E-state index contributed by atoms with van der Waals surface area (Å²) in [4.78, 5) is 17.6. The Bertz CT molecular complexity index is 721. The van der Waals surface area contributed by atoms with Crippen molar-refractivity contribution < 1.29 is 14.3 Å². The topological polar surface area (TPSA) is 42.0 Å². The highest BCUT2D eigenvalue weighted by molar-refractivity contribution is 5.76. The van der Waals surface area contributed by atoms with Crippen LogP contribution in [0, 0.1) is 5.92 Å². The molecule has 3 heterocycles. The van der Waals surface area contributed by atoms with Crippen LogP contribution >= 0.6 is 0 Å². The number of carbonyl (C=O) groups excluding carboxylic acids is 1. The van der Waals surface area contributed by atoms with Gasteiger partial charge in [-0.2, -0.15) is 0 Å². The number of nitrogens with zero attached hydrogens (tertiary/aromatic N) is 2. The highest BCUT2D eigenvalue weighted by Crippen LogP contribution is 2.45. The number of hydrogen-bond donors (Lipinski definition) is 0. The number of piperidine rings is 1.